The number of anilines is 1. The maximum absolute atomic E-state index is 11.9. The highest BCUT2D eigenvalue weighted by Gasteiger charge is 2.09. The Kier molecular flexibility index (Phi) is 5.24. The van der Waals surface area contributed by atoms with Crippen LogP contribution in [0.4, 0.5) is 5.69 Å². The van der Waals surface area contributed by atoms with Crippen molar-refractivity contribution in [3.8, 4) is 5.75 Å². The normalized spacial score (nSPS) is 10.2. The number of carboxylic acids is 1. The largest absolute Gasteiger partial charge is 0.484 e. The third-order valence-electron chi connectivity index (χ3n) is 3.25. The fourth-order valence-corrected chi connectivity index (χ4v) is 2.10. The predicted octanol–water partition coefficient (Wildman–Crippen LogP) is 3.67. The van der Waals surface area contributed by atoms with Crippen LogP contribution in [0.1, 0.15) is 21.5 Å². The summed E-state index contributed by atoms with van der Waals surface area (Å²) in [5, 5.41) is 12.2. The zero-order chi connectivity index (χ0) is 17.0. The molecule has 0 heterocycles. The summed E-state index contributed by atoms with van der Waals surface area (Å²) in [7, 11) is 0. The van der Waals surface area contributed by atoms with Crippen LogP contribution in [-0.4, -0.2) is 23.6 Å². The van der Waals surface area contributed by atoms with Crippen LogP contribution < -0.4 is 10.1 Å². The molecular formula is C17H16ClNO4. The summed E-state index contributed by atoms with van der Waals surface area (Å²) in [5.41, 5.74) is 2.26. The van der Waals surface area contributed by atoms with Crippen LogP contribution in [0.15, 0.2) is 36.4 Å². The van der Waals surface area contributed by atoms with Gasteiger partial charge in [-0.05, 0) is 61.4 Å². The van der Waals surface area contributed by atoms with E-state index in [1.54, 1.807) is 31.2 Å². The second-order valence-corrected chi connectivity index (χ2v) is 5.49. The molecule has 0 aliphatic carbocycles. The molecule has 23 heavy (non-hydrogen) atoms. The number of benzene rings is 2. The molecule has 2 aromatic rings. The maximum atomic E-state index is 11.9. The summed E-state index contributed by atoms with van der Waals surface area (Å²) in [6.45, 7) is 3.43. The fraction of sp³-hybridized carbons (Fsp3) is 0.176. The van der Waals surface area contributed by atoms with Crippen LogP contribution in [0.5, 0.6) is 5.75 Å². The Balaban J connectivity index is 1.97. The number of hydrogen-bond acceptors (Lipinski definition) is 3. The van der Waals surface area contributed by atoms with E-state index in [1.165, 1.54) is 12.1 Å². The van der Waals surface area contributed by atoms with E-state index < -0.39 is 5.97 Å². The van der Waals surface area contributed by atoms with Crippen molar-refractivity contribution in [2.45, 2.75) is 13.8 Å². The van der Waals surface area contributed by atoms with E-state index in [2.05, 4.69) is 5.32 Å². The first-order valence-corrected chi connectivity index (χ1v) is 7.27. The Labute approximate surface area is 138 Å². The maximum Gasteiger partial charge on any atom is 0.335 e. The Bertz CT molecular complexity index is 758. The molecule has 0 radical (unpaired) electrons. The molecule has 0 bridgehead atoms. The number of carbonyl (C=O) groups excluding carboxylic acids is 1. The minimum atomic E-state index is -1.01. The average molecular weight is 334 g/mol. The second-order valence-electron chi connectivity index (χ2n) is 5.08. The molecule has 2 aromatic carbocycles. The van der Waals surface area contributed by atoms with Crippen LogP contribution in [0.3, 0.4) is 0 Å². The number of aromatic carboxylic acids is 1. The van der Waals surface area contributed by atoms with Gasteiger partial charge in [-0.1, -0.05) is 11.6 Å². The van der Waals surface area contributed by atoms with Crippen molar-refractivity contribution in [1.82, 2.24) is 0 Å². The predicted molar refractivity (Wildman–Crippen MR) is 88.5 cm³/mol. The molecule has 0 aliphatic rings. The van der Waals surface area contributed by atoms with Crippen molar-refractivity contribution in [1.29, 1.82) is 0 Å². The van der Waals surface area contributed by atoms with Crippen LogP contribution in [-0.2, 0) is 4.79 Å². The lowest BCUT2D eigenvalue weighted by Gasteiger charge is -2.11. The molecule has 2 rings (SSSR count). The van der Waals surface area contributed by atoms with Gasteiger partial charge in [-0.3, -0.25) is 4.79 Å². The van der Waals surface area contributed by atoms with Gasteiger partial charge in [0.15, 0.2) is 6.61 Å². The molecular weight excluding hydrogens is 318 g/mol. The third-order valence-corrected chi connectivity index (χ3v) is 3.67. The minimum Gasteiger partial charge on any atom is -0.484 e. The molecule has 6 heteroatoms. The van der Waals surface area contributed by atoms with Gasteiger partial charge in [0.25, 0.3) is 5.91 Å². The van der Waals surface area contributed by atoms with Crippen molar-refractivity contribution in [2.24, 2.45) is 0 Å². The summed E-state index contributed by atoms with van der Waals surface area (Å²) in [6, 6.07) is 9.65. The molecule has 2 N–H and O–H groups in total. The first-order valence-electron chi connectivity index (χ1n) is 6.89. The van der Waals surface area contributed by atoms with Crippen molar-refractivity contribution in [3.05, 3.63) is 58.1 Å². The smallest absolute Gasteiger partial charge is 0.335 e. The zero-order valence-electron chi connectivity index (χ0n) is 12.7. The SMILES string of the molecule is Cc1cc(OCC(=O)Nc2ccc(C(=O)O)cc2C)ccc1Cl. The lowest BCUT2D eigenvalue weighted by Crippen LogP contribution is -2.20. The Morgan fingerprint density at radius 3 is 2.48 bits per heavy atom. The quantitative estimate of drug-likeness (QED) is 0.875. The number of carboxylic acid groups (broad SMARTS) is 1. The van der Waals surface area contributed by atoms with Crippen molar-refractivity contribution in [2.75, 3.05) is 11.9 Å². The molecule has 1 amide bonds. The first-order chi connectivity index (χ1) is 10.9. The second kappa shape index (κ2) is 7.15. The van der Waals surface area contributed by atoms with Gasteiger partial charge in [0.05, 0.1) is 5.56 Å². The van der Waals surface area contributed by atoms with Crippen molar-refractivity contribution >= 4 is 29.2 Å². The standard InChI is InChI=1S/C17H16ClNO4/c1-10-8-13(4-5-14(10)18)23-9-16(20)19-15-6-3-12(17(21)22)7-11(15)2/h3-8H,9H2,1-2H3,(H,19,20)(H,21,22). The summed E-state index contributed by atoms with van der Waals surface area (Å²) < 4.78 is 5.41. The number of hydrogen-bond donors (Lipinski definition) is 2. The highest BCUT2D eigenvalue weighted by atomic mass is 35.5. The number of amides is 1. The lowest BCUT2D eigenvalue weighted by molar-refractivity contribution is -0.118. The Hall–Kier alpha value is -2.53. The summed E-state index contributed by atoms with van der Waals surface area (Å²) in [5.74, 6) is -0.781. The number of nitrogens with one attached hydrogen (secondary N) is 1. The molecule has 0 atom stereocenters. The van der Waals surface area contributed by atoms with Crippen molar-refractivity contribution < 1.29 is 19.4 Å². The first kappa shape index (κ1) is 16.8. The van der Waals surface area contributed by atoms with Crippen LogP contribution in [0.2, 0.25) is 5.02 Å². The molecule has 0 spiro atoms. The number of halogens is 1. The molecule has 0 unspecified atom stereocenters. The topological polar surface area (TPSA) is 75.6 Å². The van der Waals surface area contributed by atoms with E-state index in [9.17, 15) is 9.59 Å². The van der Waals surface area contributed by atoms with Gasteiger partial charge in [-0.2, -0.15) is 0 Å². The minimum absolute atomic E-state index is 0.152. The van der Waals surface area contributed by atoms with E-state index >= 15 is 0 Å². The Morgan fingerprint density at radius 2 is 1.87 bits per heavy atom. The fourth-order valence-electron chi connectivity index (χ4n) is 1.98. The van der Waals surface area contributed by atoms with Gasteiger partial charge in [-0.25, -0.2) is 4.79 Å². The van der Waals surface area contributed by atoms with Crippen molar-refractivity contribution in [3.63, 3.8) is 0 Å². The Morgan fingerprint density at radius 1 is 1.13 bits per heavy atom. The monoisotopic (exact) mass is 333 g/mol. The highest BCUT2D eigenvalue weighted by molar-refractivity contribution is 6.31. The molecule has 0 aliphatic heterocycles. The van der Waals surface area contributed by atoms with Gasteiger partial charge in [0, 0.05) is 10.7 Å². The van der Waals surface area contributed by atoms with Gasteiger partial charge >= 0.3 is 5.97 Å². The molecule has 0 aromatic heterocycles. The van der Waals surface area contributed by atoms with Gasteiger partial charge in [0.2, 0.25) is 0 Å². The van der Waals surface area contributed by atoms with E-state index in [-0.39, 0.29) is 18.1 Å². The summed E-state index contributed by atoms with van der Waals surface area (Å²) >= 11 is 5.93. The number of aryl methyl sites for hydroxylation is 2. The molecule has 0 saturated carbocycles. The van der Waals surface area contributed by atoms with Gasteiger partial charge in [-0.15, -0.1) is 0 Å². The zero-order valence-corrected chi connectivity index (χ0v) is 13.5. The highest BCUT2D eigenvalue weighted by Crippen LogP contribution is 2.21. The van der Waals surface area contributed by atoms with E-state index in [0.29, 0.717) is 22.0 Å². The van der Waals surface area contributed by atoms with E-state index in [4.69, 9.17) is 21.4 Å². The molecule has 120 valence electrons. The van der Waals surface area contributed by atoms with E-state index in [0.717, 1.165) is 5.56 Å². The van der Waals surface area contributed by atoms with Gasteiger partial charge in [0.1, 0.15) is 5.75 Å². The number of rotatable bonds is 5. The van der Waals surface area contributed by atoms with Gasteiger partial charge < -0.3 is 15.2 Å². The van der Waals surface area contributed by atoms with E-state index in [1.807, 2.05) is 6.92 Å². The molecule has 5 nitrogen and oxygen atoms in total. The lowest BCUT2D eigenvalue weighted by atomic mass is 10.1. The molecule has 0 saturated heterocycles. The average Bonchev–Trinajstić information content (AvgIpc) is 2.50. The third kappa shape index (κ3) is 4.47. The van der Waals surface area contributed by atoms with Crippen LogP contribution in [0, 0.1) is 13.8 Å². The number of ether oxygens (including phenoxy) is 1. The molecule has 0 fully saturated rings. The number of carbonyl (C=O) groups is 2. The summed E-state index contributed by atoms with van der Waals surface area (Å²) in [6.07, 6.45) is 0. The van der Waals surface area contributed by atoms with Crippen LogP contribution >= 0.6 is 11.6 Å². The summed E-state index contributed by atoms with van der Waals surface area (Å²) in [4.78, 5) is 22.8. The van der Waals surface area contributed by atoms with Crippen LogP contribution in [0.25, 0.3) is 0 Å².